The van der Waals surface area contributed by atoms with E-state index < -0.39 is 0 Å². The number of nitro benzene ring substituents is 1. The first-order valence-corrected chi connectivity index (χ1v) is 5.19. The lowest BCUT2D eigenvalue weighted by atomic mass is 10.1. The van der Waals surface area contributed by atoms with E-state index in [1.807, 2.05) is 12.1 Å². The van der Waals surface area contributed by atoms with E-state index in [-0.39, 0.29) is 10.6 Å². The van der Waals surface area contributed by atoms with Crippen molar-refractivity contribution in [3.8, 4) is 0 Å². The standard InChI is InChI=1S/C12H12N2O3/c1-9-11(5-2-6-12(9)14(15)16)13-8-10-4-3-7-17-10/h2-7,13H,8H2,1H3. The minimum absolute atomic E-state index is 0.120. The fraction of sp³-hybridized carbons (Fsp3) is 0.167. The molecule has 0 amide bonds. The summed E-state index contributed by atoms with van der Waals surface area (Å²) >= 11 is 0. The zero-order chi connectivity index (χ0) is 12.3. The molecular formula is C12H12N2O3. The molecule has 0 aliphatic heterocycles. The van der Waals surface area contributed by atoms with Gasteiger partial charge in [0.25, 0.3) is 5.69 Å². The maximum absolute atomic E-state index is 10.8. The highest BCUT2D eigenvalue weighted by atomic mass is 16.6. The Bertz CT molecular complexity index is 521. The second-order valence-corrected chi connectivity index (χ2v) is 3.64. The maximum Gasteiger partial charge on any atom is 0.274 e. The number of benzene rings is 1. The highest BCUT2D eigenvalue weighted by Gasteiger charge is 2.12. The largest absolute Gasteiger partial charge is 0.467 e. The van der Waals surface area contributed by atoms with Crippen LogP contribution in [0.25, 0.3) is 0 Å². The normalized spacial score (nSPS) is 10.2. The van der Waals surface area contributed by atoms with E-state index in [2.05, 4.69) is 5.32 Å². The molecule has 0 saturated heterocycles. The SMILES string of the molecule is Cc1c(NCc2ccco2)cccc1[N+](=O)[O-]. The van der Waals surface area contributed by atoms with Crippen LogP contribution in [0.3, 0.4) is 0 Å². The van der Waals surface area contributed by atoms with Gasteiger partial charge >= 0.3 is 0 Å². The van der Waals surface area contributed by atoms with Crippen LogP contribution in [0.5, 0.6) is 0 Å². The van der Waals surface area contributed by atoms with Crippen LogP contribution in [0.2, 0.25) is 0 Å². The van der Waals surface area contributed by atoms with E-state index in [9.17, 15) is 10.1 Å². The van der Waals surface area contributed by atoms with Crippen LogP contribution in [0.15, 0.2) is 41.0 Å². The Morgan fingerprint density at radius 2 is 2.18 bits per heavy atom. The summed E-state index contributed by atoms with van der Waals surface area (Å²) in [6.07, 6.45) is 1.59. The molecule has 0 fully saturated rings. The summed E-state index contributed by atoms with van der Waals surface area (Å²) in [5, 5.41) is 13.9. The quantitative estimate of drug-likeness (QED) is 0.649. The average molecular weight is 232 g/mol. The maximum atomic E-state index is 10.8. The molecule has 0 aliphatic rings. The molecule has 0 unspecified atom stereocenters. The van der Waals surface area contributed by atoms with Crippen LogP contribution < -0.4 is 5.32 Å². The van der Waals surface area contributed by atoms with Gasteiger partial charge in [-0.1, -0.05) is 6.07 Å². The fourth-order valence-electron chi connectivity index (χ4n) is 1.61. The van der Waals surface area contributed by atoms with Crippen LogP contribution in [-0.2, 0) is 6.54 Å². The summed E-state index contributed by atoms with van der Waals surface area (Å²) in [7, 11) is 0. The van der Waals surface area contributed by atoms with Gasteiger partial charge in [0.1, 0.15) is 5.76 Å². The molecule has 1 heterocycles. The Morgan fingerprint density at radius 3 is 2.82 bits per heavy atom. The van der Waals surface area contributed by atoms with Gasteiger partial charge in [-0.3, -0.25) is 10.1 Å². The Kier molecular flexibility index (Phi) is 3.09. The van der Waals surface area contributed by atoms with Gasteiger partial charge in [0.2, 0.25) is 0 Å². The van der Waals surface area contributed by atoms with Crippen molar-refractivity contribution in [3.63, 3.8) is 0 Å². The van der Waals surface area contributed by atoms with Gasteiger partial charge in [-0.15, -0.1) is 0 Å². The first-order chi connectivity index (χ1) is 8.18. The lowest BCUT2D eigenvalue weighted by Gasteiger charge is -2.07. The molecule has 0 aliphatic carbocycles. The topological polar surface area (TPSA) is 68.3 Å². The number of nitrogens with zero attached hydrogens (tertiary/aromatic N) is 1. The molecule has 0 atom stereocenters. The first kappa shape index (κ1) is 11.2. The lowest BCUT2D eigenvalue weighted by Crippen LogP contribution is -2.01. The third kappa shape index (κ3) is 2.44. The minimum atomic E-state index is -0.382. The molecule has 0 bridgehead atoms. The fourth-order valence-corrected chi connectivity index (χ4v) is 1.61. The summed E-state index contributed by atoms with van der Waals surface area (Å²) in [4.78, 5) is 10.4. The number of anilines is 1. The molecule has 5 nitrogen and oxygen atoms in total. The van der Waals surface area contributed by atoms with Gasteiger partial charge in [-0.05, 0) is 25.1 Å². The van der Waals surface area contributed by atoms with E-state index in [0.29, 0.717) is 12.1 Å². The molecule has 2 aromatic rings. The summed E-state index contributed by atoms with van der Waals surface area (Å²) in [5.41, 5.74) is 1.49. The summed E-state index contributed by atoms with van der Waals surface area (Å²) in [6.45, 7) is 2.23. The van der Waals surface area contributed by atoms with Crippen LogP contribution in [0, 0.1) is 17.0 Å². The van der Waals surface area contributed by atoms with E-state index >= 15 is 0 Å². The van der Waals surface area contributed by atoms with Crippen molar-refractivity contribution in [3.05, 3.63) is 58.0 Å². The number of nitrogens with one attached hydrogen (secondary N) is 1. The predicted octanol–water partition coefficient (Wildman–Crippen LogP) is 3.11. The number of rotatable bonds is 4. The van der Waals surface area contributed by atoms with Crippen molar-refractivity contribution >= 4 is 11.4 Å². The molecule has 5 heteroatoms. The van der Waals surface area contributed by atoms with Crippen LogP contribution in [0.1, 0.15) is 11.3 Å². The first-order valence-electron chi connectivity index (χ1n) is 5.19. The van der Waals surface area contributed by atoms with Gasteiger partial charge in [0.05, 0.1) is 17.7 Å². The van der Waals surface area contributed by atoms with Gasteiger partial charge in [0, 0.05) is 17.3 Å². The average Bonchev–Trinajstić information content (AvgIpc) is 2.80. The van der Waals surface area contributed by atoms with Crippen molar-refractivity contribution in [2.75, 3.05) is 5.32 Å². The molecule has 0 saturated carbocycles. The molecule has 88 valence electrons. The van der Waals surface area contributed by atoms with Gasteiger partial charge in [-0.25, -0.2) is 0 Å². The Morgan fingerprint density at radius 1 is 1.35 bits per heavy atom. The van der Waals surface area contributed by atoms with Crippen molar-refractivity contribution in [2.24, 2.45) is 0 Å². The molecular weight excluding hydrogens is 220 g/mol. The molecule has 1 N–H and O–H groups in total. The summed E-state index contributed by atoms with van der Waals surface area (Å²) in [6, 6.07) is 8.62. The van der Waals surface area contributed by atoms with Crippen molar-refractivity contribution in [1.29, 1.82) is 0 Å². The molecule has 1 aromatic carbocycles. The smallest absolute Gasteiger partial charge is 0.274 e. The van der Waals surface area contributed by atoms with Crippen molar-refractivity contribution in [1.82, 2.24) is 0 Å². The second-order valence-electron chi connectivity index (χ2n) is 3.64. The molecule has 1 aromatic heterocycles. The molecule has 0 radical (unpaired) electrons. The monoisotopic (exact) mass is 232 g/mol. The highest BCUT2D eigenvalue weighted by Crippen LogP contribution is 2.25. The van der Waals surface area contributed by atoms with E-state index in [1.165, 1.54) is 6.07 Å². The van der Waals surface area contributed by atoms with E-state index in [1.54, 1.807) is 25.3 Å². The van der Waals surface area contributed by atoms with Gasteiger partial charge in [-0.2, -0.15) is 0 Å². The van der Waals surface area contributed by atoms with Crippen molar-refractivity contribution in [2.45, 2.75) is 13.5 Å². The summed E-state index contributed by atoms with van der Waals surface area (Å²) in [5.74, 6) is 0.788. The number of hydrogen-bond donors (Lipinski definition) is 1. The molecule has 2 rings (SSSR count). The van der Waals surface area contributed by atoms with Crippen molar-refractivity contribution < 1.29 is 9.34 Å². The second kappa shape index (κ2) is 4.69. The third-order valence-corrected chi connectivity index (χ3v) is 2.54. The lowest BCUT2D eigenvalue weighted by molar-refractivity contribution is -0.385. The van der Waals surface area contributed by atoms with E-state index in [4.69, 9.17) is 4.42 Å². The predicted molar refractivity (Wildman–Crippen MR) is 63.9 cm³/mol. The Labute approximate surface area is 98.2 Å². The van der Waals surface area contributed by atoms with Crippen LogP contribution in [0.4, 0.5) is 11.4 Å². The van der Waals surface area contributed by atoms with Gasteiger partial charge in [0.15, 0.2) is 0 Å². The summed E-state index contributed by atoms with van der Waals surface area (Å²) < 4.78 is 5.18. The minimum Gasteiger partial charge on any atom is -0.467 e. The highest BCUT2D eigenvalue weighted by molar-refractivity contribution is 5.59. The third-order valence-electron chi connectivity index (χ3n) is 2.54. The Hall–Kier alpha value is -2.30. The Balaban J connectivity index is 2.16. The zero-order valence-corrected chi connectivity index (χ0v) is 9.34. The van der Waals surface area contributed by atoms with Crippen LogP contribution >= 0.6 is 0 Å². The zero-order valence-electron chi connectivity index (χ0n) is 9.34. The number of furan rings is 1. The van der Waals surface area contributed by atoms with E-state index in [0.717, 1.165) is 11.4 Å². The molecule has 0 spiro atoms. The molecule has 17 heavy (non-hydrogen) atoms. The van der Waals surface area contributed by atoms with Crippen LogP contribution in [-0.4, -0.2) is 4.92 Å². The van der Waals surface area contributed by atoms with Gasteiger partial charge < -0.3 is 9.73 Å². The number of nitro groups is 1. The number of hydrogen-bond acceptors (Lipinski definition) is 4.